The van der Waals surface area contributed by atoms with Crippen LogP contribution in [0.25, 0.3) is 0 Å². The molecule has 0 radical (unpaired) electrons. The van der Waals surface area contributed by atoms with E-state index in [0.29, 0.717) is 6.61 Å². The summed E-state index contributed by atoms with van der Waals surface area (Å²) in [5, 5.41) is 0. The van der Waals surface area contributed by atoms with E-state index >= 15 is 0 Å². The Morgan fingerprint density at radius 3 is 2.14 bits per heavy atom. The molecule has 0 aliphatic carbocycles. The van der Waals surface area contributed by atoms with E-state index in [4.69, 9.17) is 10.5 Å². The van der Waals surface area contributed by atoms with Crippen molar-refractivity contribution >= 4 is 0 Å². The summed E-state index contributed by atoms with van der Waals surface area (Å²) in [5.74, 6) is 0.871. The molecule has 2 rings (SSSR count). The minimum absolute atomic E-state index is 0.0643. The van der Waals surface area contributed by atoms with Gasteiger partial charge in [-0.3, -0.25) is 0 Å². The topological polar surface area (TPSA) is 35.2 Å². The van der Waals surface area contributed by atoms with Gasteiger partial charge in [0, 0.05) is 5.56 Å². The molecule has 2 heteroatoms. The van der Waals surface area contributed by atoms with E-state index in [9.17, 15) is 0 Å². The average Bonchev–Trinajstić information content (AvgIpc) is 2.46. The van der Waals surface area contributed by atoms with E-state index in [2.05, 4.69) is 45.0 Å². The molecule has 0 spiro atoms. The van der Waals surface area contributed by atoms with Crippen molar-refractivity contribution in [1.82, 2.24) is 0 Å². The Balaban J connectivity index is 2.48. The maximum absolute atomic E-state index is 6.56. The Morgan fingerprint density at radius 2 is 1.52 bits per heavy atom. The first-order valence-corrected chi connectivity index (χ1v) is 7.52. The molecule has 21 heavy (non-hydrogen) atoms. The standard InChI is InChI=1S/C19H25NO/c1-5-21-17-13-9-7-11-15(17)18(20)14-10-6-8-12-16(14)19(2,3)4/h6-13,18H,5,20H2,1-4H3. The number of para-hydroxylation sites is 1. The fourth-order valence-electron chi connectivity index (χ4n) is 2.64. The normalized spacial score (nSPS) is 13.0. The SMILES string of the molecule is CCOc1ccccc1C(N)c1ccccc1C(C)(C)C. The van der Waals surface area contributed by atoms with Crippen molar-refractivity contribution in [3.63, 3.8) is 0 Å². The monoisotopic (exact) mass is 283 g/mol. The van der Waals surface area contributed by atoms with Gasteiger partial charge in [0.2, 0.25) is 0 Å². The lowest BCUT2D eigenvalue weighted by Gasteiger charge is -2.26. The van der Waals surface area contributed by atoms with Crippen LogP contribution in [-0.4, -0.2) is 6.61 Å². The highest BCUT2D eigenvalue weighted by Gasteiger charge is 2.23. The Labute approximate surface area is 127 Å². The van der Waals surface area contributed by atoms with Crippen LogP contribution in [0.3, 0.4) is 0 Å². The predicted molar refractivity (Wildman–Crippen MR) is 88.8 cm³/mol. The predicted octanol–water partition coefficient (Wildman–Crippen LogP) is 4.43. The van der Waals surface area contributed by atoms with E-state index in [1.54, 1.807) is 0 Å². The van der Waals surface area contributed by atoms with Gasteiger partial charge < -0.3 is 10.5 Å². The highest BCUT2D eigenvalue weighted by molar-refractivity contribution is 5.45. The zero-order valence-electron chi connectivity index (χ0n) is 13.4. The van der Waals surface area contributed by atoms with Crippen LogP contribution in [0, 0.1) is 0 Å². The lowest BCUT2D eigenvalue weighted by atomic mass is 9.80. The number of hydrogen-bond acceptors (Lipinski definition) is 2. The summed E-state index contributed by atoms with van der Waals surface area (Å²) in [7, 11) is 0. The molecule has 0 aliphatic heterocycles. The second kappa shape index (κ2) is 6.31. The van der Waals surface area contributed by atoms with E-state index < -0.39 is 0 Å². The number of nitrogens with two attached hydrogens (primary N) is 1. The lowest BCUT2D eigenvalue weighted by Crippen LogP contribution is -2.21. The molecular formula is C19H25NO. The molecule has 0 heterocycles. The number of benzene rings is 2. The van der Waals surface area contributed by atoms with Crippen molar-refractivity contribution in [3.05, 3.63) is 65.2 Å². The molecule has 2 N–H and O–H groups in total. The van der Waals surface area contributed by atoms with Crippen LogP contribution in [-0.2, 0) is 5.41 Å². The fourth-order valence-corrected chi connectivity index (χ4v) is 2.64. The summed E-state index contributed by atoms with van der Waals surface area (Å²) in [6.07, 6.45) is 0. The second-order valence-electron chi connectivity index (χ2n) is 6.29. The van der Waals surface area contributed by atoms with E-state index in [-0.39, 0.29) is 11.5 Å². The molecule has 1 unspecified atom stereocenters. The third kappa shape index (κ3) is 3.45. The second-order valence-corrected chi connectivity index (χ2v) is 6.29. The summed E-state index contributed by atoms with van der Waals surface area (Å²) in [5.41, 5.74) is 10.1. The van der Waals surface area contributed by atoms with Crippen molar-refractivity contribution in [3.8, 4) is 5.75 Å². The van der Waals surface area contributed by atoms with Gasteiger partial charge in [-0.05, 0) is 29.5 Å². The average molecular weight is 283 g/mol. The van der Waals surface area contributed by atoms with Gasteiger partial charge in [-0.15, -0.1) is 0 Å². The molecule has 0 fully saturated rings. The molecule has 0 saturated carbocycles. The molecule has 2 aromatic carbocycles. The smallest absolute Gasteiger partial charge is 0.124 e. The minimum atomic E-state index is -0.178. The van der Waals surface area contributed by atoms with E-state index in [1.807, 2.05) is 31.2 Å². The Bertz CT molecular complexity index is 599. The molecule has 112 valence electrons. The summed E-state index contributed by atoms with van der Waals surface area (Å²) >= 11 is 0. The van der Waals surface area contributed by atoms with Crippen LogP contribution in [0.5, 0.6) is 5.75 Å². The largest absolute Gasteiger partial charge is 0.494 e. The first kappa shape index (κ1) is 15.6. The van der Waals surface area contributed by atoms with Crippen LogP contribution in [0.1, 0.15) is 50.4 Å². The zero-order valence-corrected chi connectivity index (χ0v) is 13.4. The van der Waals surface area contributed by atoms with Gasteiger partial charge in [0.15, 0.2) is 0 Å². The van der Waals surface area contributed by atoms with Crippen LogP contribution in [0.2, 0.25) is 0 Å². The molecule has 2 nitrogen and oxygen atoms in total. The maximum Gasteiger partial charge on any atom is 0.124 e. The zero-order chi connectivity index (χ0) is 15.5. The summed E-state index contributed by atoms with van der Waals surface area (Å²) in [6.45, 7) is 9.28. The van der Waals surface area contributed by atoms with Gasteiger partial charge in [0.25, 0.3) is 0 Å². The fraction of sp³-hybridized carbons (Fsp3) is 0.368. The quantitative estimate of drug-likeness (QED) is 0.901. The van der Waals surface area contributed by atoms with Crippen molar-refractivity contribution < 1.29 is 4.74 Å². The van der Waals surface area contributed by atoms with Crippen LogP contribution in [0.15, 0.2) is 48.5 Å². The number of rotatable bonds is 4. The first-order chi connectivity index (χ1) is 9.95. The van der Waals surface area contributed by atoms with Gasteiger partial charge in [0.1, 0.15) is 5.75 Å². The van der Waals surface area contributed by atoms with Crippen molar-refractivity contribution in [2.24, 2.45) is 5.73 Å². The third-order valence-corrected chi connectivity index (χ3v) is 3.66. The van der Waals surface area contributed by atoms with E-state index in [0.717, 1.165) is 16.9 Å². The molecule has 0 saturated heterocycles. The number of hydrogen-bond donors (Lipinski definition) is 1. The Morgan fingerprint density at radius 1 is 0.952 bits per heavy atom. The lowest BCUT2D eigenvalue weighted by molar-refractivity contribution is 0.335. The van der Waals surface area contributed by atoms with E-state index in [1.165, 1.54) is 5.56 Å². The highest BCUT2D eigenvalue weighted by atomic mass is 16.5. The molecule has 0 aromatic heterocycles. The first-order valence-electron chi connectivity index (χ1n) is 7.52. The van der Waals surface area contributed by atoms with Gasteiger partial charge in [0.05, 0.1) is 12.6 Å². The van der Waals surface area contributed by atoms with Crippen LogP contribution >= 0.6 is 0 Å². The molecule has 2 aromatic rings. The van der Waals surface area contributed by atoms with Crippen LogP contribution < -0.4 is 10.5 Å². The van der Waals surface area contributed by atoms with Gasteiger partial charge in [-0.2, -0.15) is 0 Å². The molecule has 0 aliphatic rings. The summed E-state index contributed by atoms with van der Waals surface area (Å²) < 4.78 is 5.73. The Kier molecular flexibility index (Phi) is 4.69. The van der Waals surface area contributed by atoms with Crippen LogP contribution in [0.4, 0.5) is 0 Å². The third-order valence-electron chi connectivity index (χ3n) is 3.66. The van der Waals surface area contributed by atoms with Gasteiger partial charge >= 0.3 is 0 Å². The number of ether oxygens (including phenoxy) is 1. The maximum atomic E-state index is 6.56. The Hall–Kier alpha value is -1.80. The highest BCUT2D eigenvalue weighted by Crippen LogP contribution is 2.34. The molecule has 0 bridgehead atoms. The van der Waals surface area contributed by atoms with Gasteiger partial charge in [-0.25, -0.2) is 0 Å². The van der Waals surface area contributed by atoms with Crippen molar-refractivity contribution in [2.45, 2.75) is 39.2 Å². The van der Waals surface area contributed by atoms with Crippen molar-refractivity contribution in [2.75, 3.05) is 6.61 Å². The molecular weight excluding hydrogens is 258 g/mol. The van der Waals surface area contributed by atoms with Gasteiger partial charge in [-0.1, -0.05) is 63.2 Å². The summed E-state index contributed by atoms with van der Waals surface area (Å²) in [6, 6.07) is 16.3. The molecule has 0 amide bonds. The summed E-state index contributed by atoms with van der Waals surface area (Å²) in [4.78, 5) is 0. The molecule has 1 atom stereocenters. The minimum Gasteiger partial charge on any atom is -0.494 e. The van der Waals surface area contributed by atoms with Crippen molar-refractivity contribution in [1.29, 1.82) is 0 Å².